The van der Waals surface area contributed by atoms with E-state index < -0.39 is 5.54 Å². The van der Waals surface area contributed by atoms with E-state index in [9.17, 15) is 9.59 Å². The van der Waals surface area contributed by atoms with Gasteiger partial charge >= 0.3 is 5.97 Å². The van der Waals surface area contributed by atoms with Crippen LogP contribution in [0.5, 0.6) is 0 Å². The topological polar surface area (TPSA) is 55.4 Å². The van der Waals surface area contributed by atoms with E-state index in [2.05, 4.69) is 5.32 Å². The maximum atomic E-state index is 12.7. The molecule has 0 amide bonds. The summed E-state index contributed by atoms with van der Waals surface area (Å²) in [6, 6.07) is 7.45. The van der Waals surface area contributed by atoms with E-state index in [4.69, 9.17) is 16.3 Å². The van der Waals surface area contributed by atoms with E-state index >= 15 is 0 Å². The number of nitrogens with one attached hydrogen (secondary N) is 1. The van der Waals surface area contributed by atoms with E-state index in [1.807, 2.05) is 25.1 Å². The number of carbonyl (C=O) groups excluding carboxylic acids is 2. The molecule has 0 spiro atoms. The van der Waals surface area contributed by atoms with Crippen molar-refractivity contribution < 1.29 is 14.3 Å². The number of esters is 1. The van der Waals surface area contributed by atoms with Crippen LogP contribution in [0, 0.1) is 0 Å². The predicted molar refractivity (Wildman–Crippen MR) is 97.7 cm³/mol. The maximum absolute atomic E-state index is 12.7. The highest BCUT2D eigenvalue weighted by Gasteiger charge is 2.42. The molecular weight excluding hydrogens is 349 g/mol. The molecule has 4 nitrogen and oxygen atoms in total. The predicted octanol–water partition coefficient (Wildman–Crippen LogP) is 4.03. The number of benzene rings is 1. The smallest absolute Gasteiger partial charge is 0.307 e. The average molecular weight is 374 g/mol. The third-order valence-corrected chi connectivity index (χ3v) is 4.57. The van der Waals surface area contributed by atoms with Crippen molar-refractivity contribution in [1.29, 1.82) is 0 Å². The summed E-state index contributed by atoms with van der Waals surface area (Å²) in [7, 11) is 0. The molecule has 1 fully saturated rings. The molecule has 0 bridgehead atoms. The molecule has 2 rings (SSSR count). The lowest BCUT2D eigenvalue weighted by molar-refractivity contribution is -0.144. The van der Waals surface area contributed by atoms with E-state index in [1.54, 1.807) is 6.07 Å². The zero-order valence-electron chi connectivity index (χ0n) is 14.0. The van der Waals surface area contributed by atoms with Crippen molar-refractivity contribution in [3.05, 3.63) is 34.9 Å². The van der Waals surface area contributed by atoms with Gasteiger partial charge in [-0.25, -0.2) is 0 Å². The molecule has 0 aliphatic heterocycles. The standard InChI is InChI=1S/C18H24ClNO3.ClH/c1-2-13-23-17(22)10-12-20-18(11-6-5-9-16(18)21)14-7-3-4-8-15(14)19;/h3-4,7-8,20H,2,5-6,9-13H2,1H3;1H. The van der Waals surface area contributed by atoms with Crippen LogP contribution in [0.3, 0.4) is 0 Å². The summed E-state index contributed by atoms with van der Waals surface area (Å²) in [5, 5.41) is 3.90. The van der Waals surface area contributed by atoms with Crippen LogP contribution in [-0.2, 0) is 19.9 Å². The van der Waals surface area contributed by atoms with Gasteiger partial charge in [-0.1, -0.05) is 43.1 Å². The average Bonchev–Trinajstić information content (AvgIpc) is 2.55. The molecular formula is C18H25Cl2NO3. The number of carbonyl (C=O) groups is 2. The largest absolute Gasteiger partial charge is 0.466 e. The number of hydrogen-bond donors (Lipinski definition) is 1. The van der Waals surface area contributed by atoms with E-state index in [1.165, 1.54) is 0 Å². The van der Waals surface area contributed by atoms with E-state index in [-0.39, 0.29) is 30.6 Å². The van der Waals surface area contributed by atoms with E-state index in [0.29, 0.717) is 31.0 Å². The maximum Gasteiger partial charge on any atom is 0.307 e. The molecule has 1 aliphatic carbocycles. The van der Waals surface area contributed by atoms with Crippen LogP contribution in [0.2, 0.25) is 5.02 Å². The van der Waals surface area contributed by atoms with Crippen LogP contribution in [0.25, 0.3) is 0 Å². The second kappa shape index (κ2) is 10.0. The summed E-state index contributed by atoms with van der Waals surface area (Å²) in [4.78, 5) is 24.3. The molecule has 1 saturated carbocycles. The van der Waals surface area contributed by atoms with Crippen molar-refractivity contribution in [3.63, 3.8) is 0 Å². The van der Waals surface area contributed by atoms with Gasteiger partial charge in [0.2, 0.25) is 0 Å². The Morgan fingerprint density at radius 3 is 2.75 bits per heavy atom. The summed E-state index contributed by atoms with van der Waals surface area (Å²) < 4.78 is 5.08. The number of halogens is 2. The molecule has 0 saturated heterocycles. The first-order valence-corrected chi connectivity index (χ1v) is 8.67. The van der Waals surface area contributed by atoms with Crippen LogP contribution >= 0.6 is 24.0 Å². The molecule has 6 heteroatoms. The molecule has 134 valence electrons. The highest BCUT2D eigenvalue weighted by atomic mass is 35.5. The van der Waals surface area contributed by atoms with Gasteiger partial charge in [0.1, 0.15) is 5.54 Å². The molecule has 1 aliphatic rings. The molecule has 0 heterocycles. The molecule has 0 aromatic heterocycles. The van der Waals surface area contributed by atoms with Crippen molar-refractivity contribution in [2.24, 2.45) is 0 Å². The van der Waals surface area contributed by atoms with Gasteiger partial charge in [-0.15, -0.1) is 12.4 Å². The number of Topliss-reactive ketones (excluding diaryl/α,β-unsaturated/α-hetero) is 1. The van der Waals surface area contributed by atoms with Gasteiger partial charge in [0.05, 0.1) is 13.0 Å². The molecule has 24 heavy (non-hydrogen) atoms. The van der Waals surface area contributed by atoms with Crippen molar-refractivity contribution >= 4 is 35.8 Å². The SMILES string of the molecule is CCCOC(=O)CCNC1(c2ccccc2Cl)CCCCC1=O.Cl. The lowest BCUT2D eigenvalue weighted by Crippen LogP contribution is -2.51. The lowest BCUT2D eigenvalue weighted by Gasteiger charge is -2.37. The van der Waals surface area contributed by atoms with Gasteiger partial charge in [0, 0.05) is 18.0 Å². The molecule has 1 aromatic rings. The minimum Gasteiger partial charge on any atom is -0.466 e. The third-order valence-electron chi connectivity index (χ3n) is 4.24. The van der Waals surface area contributed by atoms with Gasteiger partial charge in [-0.05, 0) is 30.9 Å². The molecule has 0 radical (unpaired) electrons. The highest BCUT2D eigenvalue weighted by molar-refractivity contribution is 6.31. The van der Waals surface area contributed by atoms with Gasteiger partial charge < -0.3 is 10.1 Å². The fraction of sp³-hybridized carbons (Fsp3) is 0.556. The Morgan fingerprint density at radius 1 is 1.33 bits per heavy atom. The van der Waals surface area contributed by atoms with Gasteiger partial charge in [-0.3, -0.25) is 9.59 Å². The van der Waals surface area contributed by atoms with Crippen LogP contribution in [0.1, 0.15) is 51.0 Å². The van der Waals surface area contributed by atoms with Gasteiger partial charge in [0.25, 0.3) is 0 Å². The lowest BCUT2D eigenvalue weighted by atomic mass is 9.75. The van der Waals surface area contributed by atoms with Gasteiger partial charge in [-0.2, -0.15) is 0 Å². The Balaban J connectivity index is 0.00000288. The fourth-order valence-corrected chi connectivity index (χ4v) is 3.37. The number of rotatable bonds is 7. The number of ether oxygens (including phenoxy) is 1. The van der Waals surface area contributed by atoms with Crippen LogP contribution in [0.4, 0.5) is 0 Å². The summed E-state index contributed by atoms with van der Waals surface area (Å²) in [5.74, 6) is -0.0873. The quantitative estimate of drug-likeness (QED) is 0.732. The summed E-state index contributed by atoms with van der Waals surface area (Å²) in [5.41, 5.74) is 0.0371. The summed E-state index contributed by atoms with van der Waals surface area (Å²) >= 11 is 6.34. The molecule has 1 atom stereocenters. The molecule has 1 aromatic carbocycles. The first-order valence-electron chi connectivity index (χ1n) is 8.29. The van der Waals surface area contributed by atoms with Crippen LogP contribution < -0.4 is 5.32 Å². The molecule has 1 N–H and O–H groups in total. The number of ketones is 1. The van der Waals surface area contributed by atoms with Gasteiger partial charge in [0.15, 0.2) is 5.78 Å². The normalized spacial score (nSPS) is 20.3. The Labute approximate surface area is 154 Å². The Bertz CT molecular complexity index is 565. The Morgan fingerprint density at radius 2 is 2.08 bits per heavy atom. The zero-order chi connectivity index (χ0) is 16.7. The fourth-order valence-electron chi connectivity index (χ4n) is 3.07. The molecule has 1 unspecified atom stereocenters. The van der Waals surface area contributed by atoms with Crippen LogP contribution in [0.15, 0.2) is 24.3 Å². The first-order chi connectivity index (χ1) is 11.1. The summed E-state index contributed by atoms with van der Waals surface area (Å²) in [6.07, 6.45) is 4.17. The van der Waals surface area contributed by atoms with Crippen molar-refractivity contribution in [3.8, 4) is 0 Å². The minimum absolute atomic E-state index is 0. The monoisotopic (exact) mass is 373 g/mol. The minimum atomic E-state index is -0.776. The van der Waals surface area contributed by atoms with Crippen molar-refractivity contribution in [2.45, 2.75) is 51.0 Å². The highest BCUT2D eigenvalue weighted by Crippen LogP contribution is 2.37. The Hall–Kier alpha value is -1.10. The second-order valence-corrected chi connectivity index (χ2v) is 6.32. The van der Waals surface area contributed by atoms with E-state index in [0.717, 1.165) is 24.8 Å². The Kier molecular flexibility index (Phi) is 8.74. The second-order valence-electron chi connectivity index (χ2n) is 5.91. The van der Waals surface area contributed by atoms with Crippen molar-refractivity contribution in [1.82, 2.24) is 5.32 Å². The summed E-state index contributed by atoms with van der Waals surface area (Å²) in [6.45, 7) is 2.80. The zero-order valence-corrected chi connectivity index (χ0v) is 15.5. The van der Waals surface area contributed by atoms with Crippen LogP contribution in [-0.4, -0.2) is 24.9 Å². The first kappa shape index (κ1) is 20.9. The van der Waals surface area contributed by atoms with Crippen molar-refractivity contribution in [2.75, 3.05) is 13.2 Å². The number of hydrogen-bond acceptors (Lipinski definition) is 4. The third kappa shape index (κ3) is 4.95.